The van der Waals surface area contributed by atoms with E-state index < -0.39 is 6.29 Å². The number of carbonyl (C=O) groups excluding carboxylic acids is 1. The lowest BCUT2D eigenvalue weighted by Gasteiger charge is -2.21. The number of rotatable bonds is 0. The van der Waals surface area contributed by atoms with E-state index in [1.807, 2.05) is 0 Å². The molecule has 56 valence electrons. The van der Waals surface area contributed by atoms with Crippen LogP contribution < -0.4 is 0 Å². The van der Waals surface area contributed by atoms with Crippen molar-refractivity contribution in [3.63, 3.8) is 0 Å². The third-order valence-corrected chi connectivity index (χ3v) is 1.45. The summed E-state index contributed by atoms with van der Waals surface area (Å²) in [4.78, 5) is 10.9. The van der Waals surface area contributed by atoms with Crippen molar-refractivity contribution in [3.8, 4) is 0 Å². The van der Waals surface area contributed by atoms with Crippen molar-refractivity contribution in [3.05, 3.63) is 11.3 Å². The van der Waals surface area contributed by atoms with Crippen LogP contribution in [0.1, 0.15) is 20.8 Å². The predicted molar refractivity (Wildman–Crippen MR) is 35.0 cm³/mol. The van der Waals surface area contributed by atoms with Crippen molar-refractivity contribution >= 4 is 5.97 Å². The Morgan fingerprint density at radius 3 is 2.40 bits per heavy atom. The van der Waals surface area contributed by atoms with Crippen LogP contribution in [0.15, 0.2) is 11.3 Å². The summed E-state index contributed by atoms with van der Waals surface area (Å²) < 4.78 is 9.86. The van der Waals surface area contributed by atoms with Crippen molar-refractivity contribution < 1.29 is 14.3 Å². The number of ether oxygens (including phenoxy) is 2. The molecule has 0 aromatic carbocycles. The fourth-order valence-electron chi connectivity index (χ4n) is 0.744. The van der Waals surface area contributed by atoms with Gasteiger partial charge in [0.25, 0.3) is 0 Å². The normalized spacial score (nSPS) is 25.9. The molecule has 0 saturated heterocycles. The minimum Gasteiger partial charge on any atom is -0.459 e. The molecule has 0 fully saturated rings. The number of hydrogen-bond acceptors (Lipinski definition) is 3. The highest BCUT2D eigenvalue weighted by Gasteiger charge is 2.21. The lowest BCUT2D eigenvalue weighted by atomic mass is 10.2. The van der Waals surface area contributed by atoms with Gasteiger partial charge in [-0.1, -0.05) is 0 Å². The molecule has 1 aliphatic rings. The Balaban J connectivity index is 2.85. The van der Waals surface area contributed by atoms with Gasteiger partial charge in [0.1, 0.15) is 5.76 Å². The van der Waals surface area contributed by atoms with Crippen LogP contribution in [-0.2, 0) is 14.3 Å². The van der Waals surface area contributed by atoms with Crippen LogP contribution >= 0.6 is 0 Å². The van der Waals surface area contributed by atoms with E-state index in [0.717, 1.165) is 0 Å². The number of hydrogen-bond donors (Lipinski definition) is 0. The maximum atomic E-state index is 10.9. The van der Waals surface area contributed by atoms with Crippen LogP contribution in [0.2, 0.25) is 0 Å². The molecule has 1 unspecified atom stereocenters. The van der Waals surface area contributed by atoms with Crippen LogP contribution in [0.5, 0.6) is 0 Å². The Morgan fingerprint density at radius 2 is 1.90 bits per heavy atom. The molecule has 0 N–H and O–H groups in total. The molecule has 0 radical (unpaired) electrons. The molecule has 0 saturated carbocycles. The van der Waals surface area contributed by atoms with Gasteiger partial charge in [-0.05, 0) is 13.8 Å². The van der Waals surface area contributed by atoms with Gasteiger partial charge in [0, 0.05) is 6.92 Å². The van der Waals surface area contributed by atoms with E-state index in [2.05, 4.69) is 0 Å². The summed E-state index contributed by atoms with van der Waals surface area (Å²) in [6.07, 6.45) is -0.434. The molecule has 0 bridgehead atoms. The summed E-state index contributed by atoms with van der Waals surface area (Å²) in [6.45, 7) is 5.13. The van der Waals surface area contributed by atoms with Gasteiger partial charge < -0.3 is 9.47 Å². The SMILES string of the molecule is CC1=C(C)C(=O)OC(C)O1. The highest BCUT2D eigenvalue weighted by atomic mass is 16.7. The number of allylic oxidation sites excluding steroid dienone is 1. The largest absolute Gasteiger partial charge is 0.459 e. The topological polar surface area (TPSA) is 35.5 Å². The summed E-state index contributed by atoms with van der Waals surface area (Å²) >= 11 is 0. The van der Waals surface area contributed by atoms with Gasteiger partial charge in [0.2, 0.25) is 6.29 Å². The Kier molecular flexibility index (Phi) is 1.66. The maximum absolute atomic E-state index is 10.9. The molecule has 0 spiro atoms. The van der Waals surface area contributed by atoms with Crippen molar-refractivity contribution in [2.45, 2.75) is 27.1 Å². The lowest BCUT2D eigenvalue weighted by Crippen LogP contribution is -2.24. The van der Waals surface area contributed by atoms with Gasteiger partial charge >= 0.3 is 5.97 Å². The molecule has 10 heavy (non-hydrogen) atoms. The fraction of sp³-hybridized carbons (Fsp3) is 0.571. The summed E-state index contributed by atoms with van der Waals surface area (Å²) in [7, 11) is 0. The molecule has 0 aromatic heterocycles. The zero-order chi connectivity index (χ0) is 7.72. The summed E-state index contributed by atoms with van der Waals surface area (Å²) in [5.74, 6) is 0.375. The summed E-state index contributed by atoms with van der Waals surface area (Å²) in [5, 5.41) is 0. The van der Waals surface area contributed by atoms with Crippen molar-refractivity contribution in [1.82, 2.24) is 0 Å². The highest BCUT2D eigenvalue weighted by Crippen LogP contribution is 2.16. The molecular weight excluding hydrogens is 132 g/mol. The molecular formula is C7H10O3. The predicted octanol–water partition coefficient (Wildman–Crippen LogP) is 1.20. The lowest BCUT2D eigenvalue weighted by molar-refractivity contribution is -0.170. The van der Waals surface area contributed by atoms with Crippen LogP contribution in [-0.4, -0.2) is 12.3 Å². The fourth-order valence-corrected chi connectivity index (χ4v) is 0.744. The van der Waals surface area contributed by atoms with Crippen LogP contribution in [0.25, 0.3) is 0 Å². The smallest absolute Gasteiger partial charge is 0.340 e. The number of carbonyl (C=O) groups is 1. The van der Waals surface area contributed by atoms with E-state index in [0.29, 0.717) is 11.3 Å². The van der Waals surface area contributed by atoms with Gasteiger partial charge in [-0.15, -0.1) is 0 Å². The Labute approximate surface area is 59.6 Å². The molecule has 1 rings (SSSR count). The monoisotopic (exact) mass is 142 g/mol. The Hall–Kier alpha value is -0.990. The Bertz CT molecular complexity index is 193. The van der Waals surface area contributed by atoms with Crippen molar-refractivity contribution in [2.24, 2.45) is 0 Å². The van der Waals surface area contributed by atoms with Crippen molar-refractivity contribution in [1.29, 1.82) is 0 Å². The first kappa shape index (κ1) is 7.12. The zero-order valence-corrected chi connectivity index (χ0v) is 6.30. The second kappa shape index (κ2) is 2.33. The average Bonchev–Trinajstić information content (AvgIpc) is 1.82. The molecule has 1 atom stereocenters. The van der Waals surface area contributed by atoms with E-state index in [1.54, 1.807) is 20.8 Å². The Morgan fingerprint density at radius 1 is 1.30 bits per heavy atom. The standard InChI is InChI=1S/C7H10O3/c1-4-5(2)9-6(3)10-7(4)8/h6H,1-3H3. The second-order valence-electron chi connectivity index (χ2n) is 2.27. The van der Waals surface area contributed by atoms with Crippen LogP contribution in [0.3, 0.4) is 0 Å². The van der Waals surface area contributed by atoms with Gasteiger partial charge in [0.05, 0.1) is 5.57 Å². The molecule has 0 aromatic rings. The van der Waals surface area contributed by atoms with Crippen LogP contribution in [0, 0.1) is 0 Å². The second-order valence-corrected chi connectivity index (χ2v) is 2.27. The quantitative estimate of drug-likeness (QED) is 0.477. The highest BCUT2D eigenvalue weighted by molar-refractivity contribution is 5.88. The van der Waals surface area contributed by atoms with E-state index in [1.165, 1.54) is 0 Å². The molecule has 1 aliphatic heterocycles. The van der Waals surface area contributed by atoms with Gasteiger partial charge in [-0.2, -0.15) is 0 Å². The third-order valence-electron chi connectivity index (χ3n) is 1.45. The third kappa shape index (κ3) is 1.12. The molecule has 1 heterocycles. The van der Waals surface area contributed by atoms with Crippen molar-refractivity contribution in [2.75, 3.05) is 0 Å². The van der Waals surface area contributed by atoms with Gasteiger partial charge in [0.15, 0.2) is 0 Å². The molecule has 3 heteroatoms. The minimum absolute atomic E-state index is 0.281. The first-order chi connectivity index (χ1) is 4.61. The van der Waals surface area contributed by atoms with E-state index in [9.17, 15) is 4.79 Å². The van der Waals surface area contributed by atoms with E-state index >= 15 is 0 Å². The average molecular weight is 142 g/mol. The van der Waals surface area contributed by atoms with Gasteiger partial charge in [-0.25, -0.2) is 4.79 Å². The molecule has 0 amide bonds. The van der Waals surface area contributed by atoms with Gasteiger partial charge in [-0.3, -0.25) is 0 Å². The molecule has 0 aliphatic carbocycles. The maximum Gasteiger partial charge on any atom is 0.340 e. The zero-order valence-electron chi connectivity index (χ0n) is 6.30. The van der Waals surface area contributed by atoms with E-state index in [-0.39, 0.29) is 5.97 Å². The summed E-state index contributed by atoms with van der Waals surface area (Å²) in [5.41, 5.74) is 0.554. The number of cyclic esters (lactones) is 1. The summed E-state index contributed by atoms with van der Waals surface area (Å²) in [6, 6.07) is 0. The number of esters is 1. The first-order valence-corrected chi connectivity index (χ1v) is 3.16. The van der Waals surface area contributed by atoms with Crippen LogP contribution in [0.4, 0.5) is 0 Å². The van der Waals surface area contributed by atoms with E-state index in [4.69, 9.17) is 9.47 Å². The molecule has 3 nitrogen and oxygen atoms in total. The minimum atomic E-state index is -0.434. The first-order valence-electron chi connectivity index (χ1n) is 3.16.